The van der Waals surface area contributed by atoms with Crippen molar-refractivity contribution >= 4 is 23.2 Å². The number of amides is 2. The number of ether oxygens (including phenoxy) is 1. The van der Waals surface area contributed by atoms with Crippen LogP contribution in [-0.2, 0) is 16.0 Å². The molecule has 118 valence electrons. The number of hydrogen-bond acceptors (Lipinski definition) is 3. The summed E-state index contributed by atoms with van der Waals surface area (Å²) in [5.74, 6) is 0.0342. The van der Waals surface area contributed by atoms with E-state index in [0.717, 1.165) is 17.7 Å². The Balaban J connectivity index is 1.68. The fourth-order valence-electron chi connectivity index (χ4n) is 2.55. The third-order valence-corrected chi connectivity index (χ3v) is 3.75. The second kappa shape index (κ2) is 6.52. The highest BCUT2D eigenvalue weighted by Gasteiger charge is 2.29. The lowest BCUT2D eigenvalue weighted by Gasteiger charge is -2.25. The number of nitrogens with one attached hydrogen (secondary N) is 2. The van der Waals surface area contributed by atoms with Gasteiger partial charge < -0.3 is 15.4 Å². The molecule has 0 bridgehead atoms. The Morgan fingerprint density at radius 2 is 1.91 bits per heavy atom. The predicted octanol–water partition coefficient (Wildman–Crippen LogP) is 2.98. The molecule has 0 spiro atoms. The Morgan fingerprint density at radius 3 is 2.74 bits per heavy atom. The van der Waals surface area contributed by atoms with Crippen LogP contribution in [0.5, 0.6) is 5.75 Å². The van der Waals surface area contributed by atoms with E-state index in [1.54, 1.807) is 12.1 Å². The first-order chi connectivity index (χ1) is 11.2. The summed E-state index contributed by atoms with van der Waals surface area (Å²) in [6.07, 6.45) is -0.0266. The number of carbonyl (C=O) groups is 2. The van der Waals surface area contributed by atoms with E-state index >= 15 is 0 Å². The van der Waals surface area contributed by atoms with Gasteiger partial charge in [0.2, 0.25) is 5.91 Å². The van der Waals surface area contributed by atoms with Crippen LogP contribution in [0.4, 0.5) is 11.4 Å². The van der Waals surface area contributed by atoms with Gasteiger partial charge in [0, 0.05) is 5.69 Å². The Kier molecular flexibility index (Phi) is 4.28. The highest BCUT2D eigenvalue weighted by molar-refractivity contribution is 6.02. The molecule has 1 aliphatic heterocycles. The average molecular weight is 310 g/mol. The summed E-state index contributed by atoms with van der Waals surface area (Å²) in [5.41, 5.74) is 2.46. The van der Waals surface area contributed by atoms with Gasteiger partial charge >= 0.3 is 0 Å². The zero-order chi connectivity index (χ0) is 16.2. The van der Waals surface area contributed by atoms with Gasteiger partial charge in [-0.25, -0.2) is 0 Å². The predicted molar refractivity (Wildman–Crippen MR) is 88.6 cm³/mol. The van der Waals surface area contributed by atoms with Crippen LogP contribution in [0, 0.1) is 0 Å². The van der Waals surface area contributed by atoms with E-state index in [9.17, 15) is 9.59 Å². The molecule has 0 aromatic heterocycles. The van der Waals surface area contributed by atoms with Crippen molar-refractivity contribution < 1.29 is 14.3 Å². The average Bonchev–Trinajstić information content (AvgIpc) is 2.56. The molecule has 0 aliphatic carbocycles. The molecule has 1 aliphatic rings. The molecule has 0 radical (unpaired) electrons. The van der Waals surface area contributed by atoms with Crippen molar-refractivity contribution in [2.75, 3.05) is 10.6 Å². The molecule has 1 atom stereocenters. The Labute approximate surface area is 134 Å². The van der Waals surface area contributed by atoms with Crippen LogP contribution in [0.3, 0.4) is 0 Å². The third kappa shape index (κ3) is 3.34. The van der Waals surface area contributed by atoms with Crippen LogP contribution in [0.25, 0.3) is 0 Å². The minimum atomic E-state index is -0.821. The summed E-state index contributed by atoms with van der Waals surface area (Å²) >= 11 is 0. The number of benzene rings is 2. The molecular formula is C18H18N2O3. The van der Waals surface area contributed by atoms with Gasteiger partial charge in [-0.2, -0.15) is 0 Å². The second-order valence-corrected chi connectivity index (χ2v) is 5.35. The Bertz CT molecular complexity index is 743. The van der Waals surface area contributed by atoms with E-state index in [1.807, 2.05) is 43.3 Å². The summed E-state index contributed by atoms with van der Waals surface area (Å²) in [6.45, 7) is 2.03. The van der Waals surface area contributed by atoms with Crippen LogP contribution < -0.4 is 15.4 Å². The summed E-state index contributed by atoms with van der Waals surface area (Å²) in [5, 5.41) is 5.61. The standard InChI is InChI=1S/C18H18N2O3/c1-2-12-7-3-4-8-13(12)19-17(21)11-16-18(22)20-14-9-5-6-10-15(14)23-16/h3-10,16H,2,11H2,1H3,(H,19,21)(H,20,22). The molecule has 5 nitrogen and oxygen atoms in total. The van der Waals surface area contributed by atoms with Crippen molar-refractivity contribution in [3.63, 3.8) is 0 Å². The largest absolute Gasteiger partial charge is 0.478 e. The van der Waals surface area contributed by atoms with Gasteiger partial charge in [0.25, 0.3) is 5.91 Å². The van der Waals surface area contributed by atoms with Crippen LogP contribution in [-0.4, -0.2) is 17.9 Å². The zero-order valence-electron chi connectivity index (χ0n) is 12.8. The maximum Gasteiger partial charge on any atom is 0.266 e. The number of carbonyl (C=O) groups excluding carboxylic acids is 2. The molecule has 0 saturated heterocycles. The van der Waals surface area contributed by atoms with Crippen molar-refractivity contribution in [2.24, 2.45) is 0 Å². The van der Waals surface area contributed by atoms with Gasteiger partial charge in [-0.15, -0.1) is 0 Å². The smallest absolute Gasteiger partial charge is 0.266 e. The van der Waals surface area contributed by atoms with E-state index in [1.165, 1.54) is 0 Å². The van der Waals surface area contributed by atoms with Gasteiger partial charge in [0.1, 0.15) is 5.75 Å². The topological polar surface area (TPSA) is 67.4 Å². The maximum absolute atomic E-state index is 12.2. The van der Waals surface area contributed by atoms with Crippen molar-refractivity contribution in [2.45, 2.75) is 25.9 Å². The van der Waals surface area contributed by atoms with Gasteiger partial charge in [-0.1, -0.05) is 37.3 Å². The van der Waals surface area contributed by atoms with E-state index in [2.05, 4.69) is 10.6 Å². The first-order valence-electron chi connectivity index (χ1n) is 7.61. The Morgan fingerprint density at radius 1 is 1.17 bits per heavy atom. The van der Waals surface area contributed by atoms with Crippen LogP contribution in [0.1, 0.15) is 18.9 Å². The number of fused-ring (bicyclic) bond motifs is 1. The third-order valence-electron chi connectivity index (χ3n) is 3.75. The quantitative estimate of drug-likeness (QED) is 0.912. The second-order valence-electron chi connectivity index (χ2n) is 5.35. The molecule has 0 saturated carbocycles. The van der Waals surface area contributed by atoms with Gasteiger partial charge in [0.05, 0.1) is 12.1 Å². The fourth-order valence-corrected chi connectivity index (χ4v) is 2.55. The van der Waals surface area contributed by atoms with Crippen molar-refractivity contribution in [3.05, 3.63) is 54.1 Å². The SMILES string of the molecule is CCc1ccccc1NC(=O)CC1Oc2ccccc2NC1=O. The molecule has 2 aromatic carbocycles. The molecular weight excluding hydrogens is 292 g/mol. The van der Waals surface area contributed by atoms with E-state index in [-0.39, 0.29) is 18.2 Å². The molecule has 0 fully saturated rings. The lowest BCUT2D eigenvalue weighted by molar-refractivity contribution is -0.128. The van der Waals surface area contributed by atoms with E-state index in [4.69, 9.17) is 4.74 Å². The minimum Gasteiger partial charge on any atom is -0.478 e. The lowest BCUT2D eigenvalue weighted by atomic mass is 10.1. The summed E-state index contributed by atoms with van der Waals surface area (Å²) in [4.78, 5) is 24.3. The first-order valence-corrected chi connectivity index (χ1v) is 7.61. The number of anilines is 2. The Hall–Kier alpha value is -2.82. The minimum absolute atomic E-state index is 0.0295. The number of hydrogen-bond donors (Lipinski definition) is 2. The van der Waals surface area contributed by atoms with Gasteiger partial charge in [0.15, 0.2) is 6.10 Å². The first kappa shape index (κ1) is 15.1. The van der Waals surface area contributed by atoms with Gasteiger partial charge in [-0.3, -0.25) is 9.59 Å². The molecule has 3 rings (SSSR count). The van der Waals surface area contributed by atoms with Crippen LogP contribution >= 0.6 is 0 Å². The molecule has 23 heavy (non-hydrogen) atoms. The molecule has 1 heterocycles. The molecule has 2 N–H and O–H groups in total. The van der Waals surface area contributed by atoms with Crippen molar-refractivity contribution in [3.8, 4) is 5.75 Å². The maximum atomic E-state index is 12.2. The van der Waals surface area contributed by atoms with Crippen LogP contribution in [0.2, 0.25) is 0 Å². The molecule has 1 unspecified atom stereocenters. The summed E-state index contributed by atoms with van der Waals surface area (Å²) < 4.78 is 5.64. The normalized spacial score (nSPS) is 16.0. The lowest BCUT2D eigenvalue weighted by Crippen LogP contribution is -2.39. The summed E-state index contributed by atoms with van der Waals surface area (Å²) in [6, 6.07) is 14.8. The van der Waals surface area contributed by atoms with Crippen molar-refractivity contribution in [1.29, 1.82) is 0 Å². The molecule has 2 aromatic rings. The fraction of sp³-hybridized carbons (Fsp3) is 0.222. The number of para-hydroxylation sites is 3. The van der Waals surface area contributed by atoms with Crippen LogP contribution in [0.15, 0.2) is 48.5 Å². The summed E-state index contributed by atoms with van der Waals surface area (Å²) in [7, 11) is 0. The monoisotopic (exact) mass is 310 g/mol. The van der Waals surface area contributed by atoms with Gasteiger partial charge in [-0.05, 0) is 30.2 Å². The zero-order valence-corrected chi connectivity index (χ0v) is 12.8. The highest BCUT2D eigenvalue weighted by Crippen LogP contribution is 2.29. The van der Waals surface area contributed by atoms with E-state index < -0.39 is 6.10 Å². The number of aryl methyl sites for hydroxylation is 1. The molecule has 5 heteroatoms. The van der Waals surface area contributed by atoms with E-state index in [0.29, 0.717) is 11.4 Å². The molecule has 2 amide bonds. The number of rotatable bonds is 4. The van der Waals surface area contributed by atoms with Crippen molar-refractivity contribution in [1.82, 2.24) is 0 Å². The highest BCUT2D eigenvalue weighted by atomic mass is 16.5.